The highest BCUT2D eigenvalue weighted by Gasteiger charge is 2.30. The molecular weight excluding hydrogens is 402 g/mol. The predicted molar refractivity (Wildman–Crippen MR) is 101 cm³/mol. The summed E-state index contributed by atoms with van der Waals surface area (Å²) in [5.74, 6) is -1.53. The fourth-order valence-electron chi connectivity index (χ4n) is 2.82. The molecule has 0 atom stereocenters. The van der Waals surface area contributed by atoms with E-state index in [9.17, 15) is 17.6 Å². The Kier molecular flexibility index (Phi) is 5.14. The van der Waals surface area contributed by atoms with Crippen molar-refractivity contribution < 1.29 is 17.6 Å². The standard InChI is InChI=1S/C17H15Cl2FN2O3S/c1-10-5-11(18)7-12(6-10)21-17(23)14-8-13(9-15(20)16(14)19)22-3-2-4-26(22,24)25/h5-9H,2-4H2,1H3,(H,21,23). The van der Waals surface area contributed by atoms with E-state index in [1.807, 2.05) is 6.92 Å². The number of amides is 1. The third kappa shape index (κ3) is 3.79. The summed E-state index contributed by atoms with van der Waals surface area (Å²) in [5.41, 5.74) is 1.19. The van der Waals surface area contributed by atoms with E-state index >= 15 is 0 Å². The SMILES string of the molecule is Cc1cc(Cl)cc(NC(=O)c2cc(N3CCCS3(=O)=O)cc(F)c2Cl)c1. The zero-order valence-corrected chi connectivity index (χ0v) is 16.1. The Morgan fingerprint density at radius 1 is 1.19 bits per heavy atom. The van der Waals surface area contributed by atoms with E-state index in [1.54, 1.807) is 18.2 Å². The lowest BCUT2D eigenvalue weighted by Gasteiger charge is -2.18. The lowest BCUT2D eigenvalue weighted by atomic mass is 10.1. The van der Waals surface area contributed by atoms with Crippen molar-refractivity contribution in [2.45, 2.75) is 13.3 Å². The second-order valence-electron chi connectivity index (χ2n) is 6.00. The summed E-state index contributed by atoms with van der Waals surface area (Å²) in [4.78, 5) is 12.6. The van der Waals surface area contributed by atoms with E-state index in [0.717, 1.165) is 15.9 Å². The maximum atomic E-state index is 14.2. The first-order chi connectivity index (χ1) is 12.2. The van der Waals surface area contributed by atoms with Crippen LogP contribution in [0.2, 0.25) is 10.0 Å². The first-order valence-corrected chi connectivity index (χ1v) is 10.1. The average molecular weight is 417 g/mol. The van der Waals surface area contributed by atoms with Crippen LogP contribution >= 0.6 is 23.2 Å². The smallest absolute Gasteiger partial charge is 0.257 e. The number of carbonyl (C=O) groups excluding carboxylic acids is 1. The molecule has 3 rings (SSSR count). The molecule has 5 nitrogen and oxygen atoms in total. The van der Waals surface area contributed by atoms with E-state index in [-0.39, 0.29) is 28.6 Å². The van der Waals surface area contributed by atoms with E-state index in [4.69, 9.17) is 23.2 Å². The van der Waals surface area contributed by atoms with Crippen LogP contribution in [0, 0.1) is 12.7 Å². The van der Waals surface area contributed by atoms with Gasteiger partial charge in [-0.15, -0.1) is 0 Å². The van der Waals surface area contributed by atoms with Crippen molar-refractivity contribution in [3.05, 3.63) is 57.3 Å². The van der Waals surface area contributed by atoms with Gasteiger partial charge in [0.1, 0.15) is 5.82 Å². The highest BCUT2D eigenvalue weighted by atomic mass is 35.5. The number of nitrogens with one attached hydrogen (secondary N) is 1. The fourth-order valence-corrected chi connectivity index (χ4v) is 4.85. The van der Waals surface area contributed by atoms with Crippen molar-refractivity contribution >= 4 is 50.5 Å². The van der Waals surface area contributed by atoms with E-state index < -0.39 is 21.7 Å². The number of benzene rings is 2. The van der Waals surface area contributed by atoms with Gasteiger partial charge in [-0.2, -0.15) is 0 Å². The van der Waals surface area contributed by atoms with Gasteiger partial charge in [0.25, 0.3) is 5.91 Å². The Morgan fingerprint density at radius 3 is 2.54 bits per heavy atom. The first-order valence-electron chi connectivity index (χ1n) is 7.75. The number of hydrogen-bond donors (Lipinski definition) is 1. The summed E-state index contributed by atoms with van der Waals surface area (Å²) < 4.78 is 39.4. The molecule has 1 saturated heterocycles. The van der Waals surface area contributed by atoms with Crippen LogP contribution in [0.5, 0.6) is 0 Å². The van der Waals surface area contributed by atoms with Gasteiger partial charge in [0.05, 0.1) is 22.0 Å². The van der Waals surface area contributed by atoms with Crippen LogP contribution in [0.4, 0.5) is 15.8 Å². The van der Waals surface area contributed by atoms with Crippen molar-refractivity contribution in [3.8, 4) is 0 Å². The molecule has 1 aliphatic rings. The van der Waals surface area contributed by atoms with Crippen LogP contribution in [0.25, 0.3) is 0 Å². The maximum Gasteiger partial charge on any atom is 0.257 e. The number of hydrogen-bond acceptors (Lipinski definition) is 3. The fraction of sp³-hybridized carbons (Fsp3) is 0.235. The predicted octanol–water partition coefficient (Wildman–Crippen LogP) is 4.23. The van der Waals surface area contributed by atoms with Gasteiger partial charge in [-0.25, -0.2) is 12.8 Å². The third-order valence-electron chi connectivity index (χ3n) is 3.94. The molecule has 2 aromatic carbocycles. The largest absolute Gasteiger partial charge is 0.322 e. The molecule has 0 saturated carbocycles. The molecule has 138 valence electrons. The number of carbonyl (C=O) groups is 1. The lowest BCUT2D eigenvalue weighted by Crippen LogP contribution is -2.26. The van der Waals surface area contributed by atoms with Crippen molar-refractivity contribution in [3.63, 3.8) is 0 Å². The number of halogens is 3. The van der Waals surface area contributed by atoms with E-state index in [2.05, 4.69) is 5.32 Å². The van der Waals surface area contributed by atoms with Gasteiger partial charge >= 0.3 is 0 Å². The van der Waals surface area contributed by atoms with Crippen molar-refractivity contribution in [1.29, 1.82) is 0 Å². The van der Waals surface area contributed by atoms with Crippen LogP contribution in [0.3, 0.4) is 0 Å². The second kappa shape index (κ2) is 7.06. The number of aryl methyl sites for hydroxylation is 1. The molecule has 0 bridgehead atoms. The molecule has 1 fully saturated rings. The van der Waals surface area contributed by atoms with Crippen LogP contribution in [-0.4, -0.2) is 26.6 Å². The van der Waals surface area contributed by atoms with Gasteiger partial charge in [0, 0.05) is 17.3 Å². The van der Waals surface area contributed by atoms with Gasteiger partial charge in [0.15, 0.2) is 0 Å². The summed E-state index contributed by atoms with van der Waals surface area (Å²) >= 11 is 11.9. The van der Waals surface area contributed by atoms with Gasteiger partial charge < -0.3 is 5.32 Å². The highest BCUT2D eigenvalue weighted by Crippen LogP contribution is 2.31. The molecule has 0 spiro atoms. The van der Waals surface area contributed by atoms with E-state index in [0.29, 0.717) is 17.1 Å². The quantitative estimate of drug-likeness (QED) is 0.813. The zero-order valence-electron chi connectivity index (χ0n) is 13.7. The molecule has 0 unspecified atom stereocenters. The highest BCUT2D eigenvalue weighted by molar-refractivity contribution is 7.93. The topological polar surface area (TPSA) is 66.5 Å². The Balaban J connectivity index is 1.97. The van der Waals surface area contributed by atoms with Crippen LogP contribution < -0.4 is 9.62 Å². The van der Waals surface area contributed by atoms with Crippen molar-refractivity contribution in [2.75, 3.05) is 21.9 Å². The van der Waals surface area contributed by atoms with Gasteiger partial charge in [-0.3, -0.25) is 9.10 Å². The van der Waals surface area contributed by atoms with Crippen molar-refractivity contribution in [1.82, 2.24) is 0 Å². The molecule has 0 aliphatic carbocycles. The molecule has 1 heterocycles. The molecule has 2 aromatic rings. The molecule has 9 heteroatoms. The molecule has 1 N–H and O–H groups in total. The maximum absolute atomic E-state index is 14.2. The molecule has 0 radical (unpaired) electrons. The number of sulfonamides is 1. The molecule has 1 aliphatic heterocycles. The normalized spacial score (nSPS) is 15.9. The summed E-state index contributed by atoms with van der Waals surface area (Å²) in [6.07, 6.45) is 0.440. The zero-order chi connectivity index (χ0) is 19.1. The van der Waals surface area contributed by atoms with Crippen LogP contribution in [0.1, 0.15) is 22.3 Å². The Labute approximate surface area is 160 Å². The number of nitrogens with zero attached hydrogens (tertiary/aromatic N) is 1. The summed E-state index contributed by atoms with van der Waals surface area (Å²) in [5, 5.41) is 2.67. The molecular formula is C17H15Cl2FN2O3S. The lowest BCUT2D eigenvalue weighted by molar-refractivity contribution is 0.102. The van der Waals surface area contributed by atoms with Crippen molar-refractivity contribution in [2.24, 2.45) is 0 Å². The van der Waals surface area contributed by atoms with Gasteiger partial charge in [-0.1, -0.05) is 23.2 Å². The average Bonchev–Trinajstić information content (AvgIpc) is 2.88. The van der Waals surface area contributed by atoms with Crippen LogP contribution in [-0.2, 0) is 10.0 Å². The minimum atomic E-state index is -3.51. The third-order valence-corrected chi connectivity index (χ3v) is 6.42. The first kappa shape index (κ1) is 18.9. The Morgan fingerprint density at radius 2 is 1.92 bits per heavy atom. The summed E-state index contributed by atoms with van der Waals surface area (Å²) in [6, 6.07) is 7.27. The number of anilines is 2. The number of rotatable bonds is 3. The monoisotopic (exact) mass is 416 g/mol. The summed E-state index contributed by atoms with van der Waals surface area (Å²) in [7, 11) is -3.51. The second-order valence-corrected chi connectivity index (χ2v) is 8.83. The minimum Gasteiger partial charge on any atom is -0.322 e. The van der Waals surface area contributed by atoms with Gasteiger partial charge in [-0.05, 0) is 49.2 Å². The minimum absolute atomic E-state index is 0.0133. The Bertz CT molecular complexity index is 975. The Hall–Kier alpha value is -1.83. The molecule has 0 aromatic heterocycles. The molecule has 26 heavy (non-hydrogen) atoms. The summed E-state index contributed by atoms with van der Waals surface area (Å²) in [6.45, 7) is 2.05. The van der Waals surface area contributed by atoms with Crippen LogP contribution in [0.15, 0.2) is 30.3 Å². The van der Waals surface area contributed by atoms with E-state index in [1.165, 1.54) is 6.07 Å². The van der Waals surface area contributed by atoms with Gasteiger partial charge in [0.2, 0.25) is 10.0 Å². The molecule has 1 amide bonds.